The van der Waals surface area contributed by atoms with E-state index in [0.29, 0.717) is 36.5 Å². The zero-order valence-electron chi connectivity index (χ0n) is 23.2. The van der Waals surface area contributed by atoms with Crippen molar-refractivity contribution in [1.82, 2.24) is 0 Å². The summed E-state index contributed by atoms with van der Waals surface area (Å²) in [6.07, 6.45) is 6.50. The number of ether oxygens (including phenoxy) is 2. The van der Waals surface area contributed by atoms with Crippen molar-refractivity contribution in [3.63, 3.8) is 0 Å². The number of Topliss-reactive ketones (excluding diaryl/α,β-unsaturated/α-hetero) is 1. The number of ketones is 2. The van der Waals surface area contributed by atoms with Crippen LogP contribution in [0.15, 0.2) is 52.7 Å². The number of rotatable bonds is 6. The molecule has 6 unspecified atom stereocenters. The fourth-order valence-corrected chi connectivity index (χ4v) is 9.28. The number of halogens is 2. The maximum absolute atomic E-state index is 14.2. The van der Waals surface area contributed by atoms with Crippen LogP contribution in [0.4, 0.5) is 0 Å². The van der Waals surface area contributed by atoms with Crippen LogP contribution in [0.25, 0.3) is 0 Å². The molecule has 41 heavy (non-hydrogen) atoms. The lowest BCUT2D eigenvalue weighted by molar-refractivity contribution is -0.183. The van der Waals surface area contributed by atoms with E-state index in [1.165, 1.54) is 18.4 Å². The second-order valence-electron chi connectivity index (χ2n) is 12.6. The highest BCUT2D eigenvalue weighted by Crippen LogP contribution is 2.68. The Kier molecular flexibility index (Phi) is 7.15. The van der Waals surface area contributed by atoms with Gasteiger partial charge in [-0.15, -0.1) is 0 Å². The molecule has 3 fully saturated rings. The van der Waals surface area contributed by atoms with Gasteiger partial charge < -0.3 is 19.0 Å². The minimum absolute atomic E-state index is 0.00644. The summed E-state index contributed by atoms with van der Waals surface area (Å²) < 4.78 is 17.4. The van der Waals surface area contributed by atoms with E-state index in [0.717, 1.165) is 18.4 Å². The highest BCUT2D eigenvalue weighted by molar-refractivity contribution is 6.35. The molecule has 0 saturated heterocycles. The van der Waals surface area contributed by atoms with Crippen LogP contribution >= 0.6 is 23.2 Å². The van der Waals surface area contributed by atoms with Crippen molar-refractivity contribution in [1.29, 1.82) is 0 Å². The Balaban J connectivity index is 1.35. The number of esters is 1. The molecule has 1 N–H and O–H groups in total. The van der Waals surface area contributed by atoms with E-state index >= 15 is 0 Å². The maximum Gasteiger partial charge on any atom is 0.375 e. The van der Waals surface area contributed by atoms with Crippen molar-refractivity contribution < 1.29 is 33.4 Å². The number of carbonyl (C=O) groups excluding carboxylic acids is 3. The predicted molar refractivity (Wildman–Crippen MR) is 152 cm³/mol. The molecule has 4 aliphatic carbocycles. The van der Waals surface area contributed by atoms with E-state index in [9.17, 15) is 19.5 Å². The minimum atomic E-state index is -1.54. The summed E-state index contributed by atoms with van der Waals surface area (Å²) in [5, 5.41) is 12.6. The molecule has 6 rings (SSSR count). The van der Waals surface area contributed by atoms with Gasteiger partial charge in [0.25, 0.3) is 0 Å². The number of hydrogen-bond acceptors (Lipinski definition) is 7. The Morgan fingerprint density at radius 3 is 2.66 bits per heavy atom. The molecule has 7 atom stereocenters. The van der Waals surface area contributed by atoms with Gasteiger partial charge in [0.2, 0.25) is 11.5 Å². The molecule has 2 aromatic rings. The minimum Gasteiger partial charge on any atom is -0.484 e. The third-order valence-electron chi connectivity index (χ3n) is 10.7. The molecule has 0 spiro atoms. The molecule has 3 saturated carbocycles. The van der Waals surface area contributed by atoms with E-state index in [-0.39, 0.29) is 58.5 Å². The highest BCUT2D eigenvalue weighted by Gasteiger charge is 2.70. The summed E-state index contributed by atoms with van der Waals surface area (Å²) >= 11 is 12.3. The molecule has 0 radical (unpaired) electrons. The zero-order valence-corrected chi connectivity index (χ0v) is 24.7. The van der Waals surface area contributed by atoms with E-state index < -0.39 is 23.1 Å². The Labute approximate surface area is 249 Å². The molecule has 1 heterocycles. The van der Waals surface area contributed by atoms with Crippen molar-refractivity contribution in [2.45, 2.75) is 70.5 Å². The molecule has 9 heteroatoms. The molecule has 0 aliphatic heterocycles. The first kappa shape index (κ1) is 28.5. The molecule has 1 aromatic heterocycles. The van der Waals surface area contributed by atoms with Gasteiger partial charge in [0.05, 0.1) is 17.4 Å². The van der Waals surface area contributed by atoms with Crippen molar-refractivity contribution in [2.75, 3.05) is 6.61 Å². The average molecular weight is 602 g/mol. The van der Waals surface area contributed by atoms with Crippen LogP contribution in [0.3, 0.4) is 0 Å². The second-order valence-corrected chi connectivity index (χ2v) is 13.4. The number of allylic oxidation sites excluding steroid dienone is 1. The Morgan fingerprint density at radius 2 is 1.93 bits per heavy atom. The molecule has 0 amide bonds. The van der Waals surface area contributed by atoms with Crippen LogP contribution in [-0.4, -0.2) is 41.0 Å². The summed E-state index contributed by atoms with van der Waals surface area (Å²) in [6, 6.07) is 7.84. The van der Waals surface area contributed by atoms with Gasteiger partial charge in [-0.3, -0.25) is 9.59 Å². The number of aliphatic hydroxyl groups is 1. The predicted octanol–water partition coefficient (Wildman–Crippen LogP) is 6.63. The number of hydrogen-bond donors (Lipinski definition) is 1. The fraction of sp³-hybridized carbons (Fsp3) is 0.531. The Morgan fingerprint density at radius 1 is 1.12 bits per heavy atom. The van der Waals surface area contributed by atoms with Crippen LogP contribution in [-0.2, 0) is 14.3 Å². The van der Waals surface area contributed by atoms with E-state index in [1.54, 1.807) is 24.3 Å². The quantitative estimate of drug-likeness (QED) is 0.371. The summed E-state index contributed by atoms with van der Waals surface area (Å²) in [5.41, 5.74) is -1.52. The summed E-state index contributed by atoms with van der Waals surface area (Å²) in [6.45, 7) is 3.79. The van der Waals surface area contributed by atoms with Gasteiger partial charge in [0, 0.05) is 16.9 Å². The van der Waals surface area contributed by atoms with Gasteiger partial charge in [0.15, 0.2) is 18.0 Å². The molecule has 7 nitrogen and oxygen atoms in total. The first-order valence-corrected chi connectivity index (χ1v) is 15.0. The lowest BCUT2D eigenvalue weighted by atomic mass is 9.45. The van der Waals surface area contributed by atoms with Gasteiger partial charge in [-0.05, 0) is 98.1 Å². The third kappa shape index (κ3) is 4.47. The number of aliphatic hydroxyl groups excluding tert-OH is 1. The second kappa shape index (κ2) is 10.3. The summed E-state index contributed by atoms with van der Waals surface area (Å²) in [7, 11) is 0. The third-order valence-corrected chi connectivity index (χ3v) is 11.2. The van der Waals surface area contributed by atoms with Gasteiger partial charge in [-0.1, -0.05) is 42.6 Å². The van der Waals surface area contributed by atoms with Crippen LogP contribution in [0.1, 0.15) is 69.3 Å². The van der Waals surface area contributed by atoms with Crippen molar-refractivity contribution in [3.05, 3.63) is 64.0 Å². The number of carbonyl (C=O) groups is 3. The fourth-order valence-electron chi connectivity index (χ4n) is 8.81. The number of furan rings is 1. The topological polar surface area (TPSA) is 103 Å². The summed E-state index contributed by atoms with van der Waals surface area (Å²) in [5.74, 6) is -0.546. The lowest BCUT2D eigenvalue weighted by Crippen LogP contribution is -2.63. The lowest BCUT2D eigenvalue weighted by Gasteiger charge is -2.60. The van der Waals surface area contributed by atoms with Gasteiger partial charge in [-0.2, -0.15) is 0 Å². The molecule has 1 aromatic carbocycles. The SMILES string of the molecule is CC12CCC(=O)C=C1CCC1C2C(O)CC2(C)C1CC[C@]2(OC(=O)c1ccco1)C(=O)COc1ccc(Cl)cc1Cl. The molecular weight excluding hydrogens is 567 g/mol. The average Bonchev–Trinajstić information content (AvgIpc) is 3.55. The largest absolute Gasteiger partial charge is 0.484 e. The van der Waals surface area contributed by atoms with Crippen LogP contribution in [0.2, 0.25) is 10.0 Å². The molecule has 0 bridgehead atoms. The number of benzene rings is 1. The van der Waals surface area contributed by atoms with Crippen LogP contribution in [0.5, 0.6) is 5.75 Å². The Hall–Kier alpha value is -2.61. The summed E-state index contributed by atoms with van der Waals surface area (Å²) in [4.78, 5) is 39.8. The normalized spacial score (nSPS) is 36.0. The number of fused-ring (bicyclic) bond motifs is 5. The van der Waals surface area contributed by atoms with Crippen LogP contribution < -0.4 is 4.74 Å². The highest BCUT2D eigenvalue weighted by atomic mass is 35.5. The molecule has 218 valence electrons. The van der Waals surface area contributed by atoms with Gasteiger partial charge >= 0.3 is 5.97 Å². The Bertz CT molecular complexity index is 1420. The van der Waals surface area contributed by atoms with Crippen molar-refractivity contribution in [3.8, 4) is 5.75 Å². The molecule has 4 aliphatic rings. The first-order valence-electron chi connectivity index (χ1n) is 14.3. The van der Waals surface area contributed by atoms with Crippen molar-refractivity contribution >= 4 is 40.7 Å². The molecular formula is C32H34Cl2O7. The maximum atomic E-state index is 14.2. The standard InChI is InChI=1S/C32H34Cl2O7/c1-30-11-9-20(35)14-18(30)5-7-21-22-10-12-32(31(22,2)16-24(36)28(21)30,41-29(38)26-4-3-13-39-26)27(37)17-40-25-8-6-19(33)15-23(25)34/h3-4,6,8,13-15,21-22,24,28,36H,5,7,9-12,16-17H2,1-2H3/t21?,22?,24?,28?,30?,31?,32-/m0/s1. The van der Waals surface area contributed by atoms with E-state index in [1.807, 2.05) is 6.92 Å². The zero-order chi connectivity index (χ0) is 29.2. The van der Waals surface area contributed by atoms with Gasteiger partial charge in [-0.25, -0.2) is 4.79 Å². The monoisotopic (exact) mass is 600 g/mol. The van der Waals surface area contributed by atoms with E-state index in [4.69, 9.17) is 37.1 Å². The first-order chi connectivity index (χ1) is 19.5. The van der Waals surface area contributed by atoms with Crippen LogP contribution in [0, 0.1) is 28.6 Å². The van der Waals surface area contributed by atoms with Gasteiger partial charge in [0.1, 0.15) is 5.75 Å². The smallest absolute Gasteiger partial charge is 0.375 e. The van der Waals surface area contributed by atoms with E-state index in [2.05, 4.69) is 6.92 Å². The van der Waals surface area contributed by atoms with Crippen molar-refractivity contribution in [2.24, 2.45) is 28.6 Å².